The topological polar surface area (TPSA) is 64.8 Å². The van der Waals surface area contributed by atoms with Gasteiger partial charge in [0.1, 0.15) is 0 Å². The number of morpholine rings is 1. The van der Waals surface area contributed by atoms with Gasteiger partial charge in [0.15, 0.2) is 0 Å². The van der Waals surface area contributed by atoms with Crippen LogP contribution in [0.3, 0.4) is 0 Å². The third-order valence-corrected chi connectivity index (χ3v) is 2.30. The standard InChI is InChI=1S/C9H18N2O3/c1-13-9(12)11-5-6-14-8(7-11)3-2-4-10/h8H,2-7,10H2,1H3/t8-/m0/s1. The van der Waals surface area contributed by atoms with E-state index in [1.165, 1.54) is 7.11 Å². The summed E-state index contributed by atoms with van der Waals surface area (Å²) < 4.78 is 10.1. The minimum absolute atomic E-state index is 0.117. The predicted octanol–water partition coefficient (Wildman–Crippen LogP) is 0.193. The van der Waals surface area contributed by atoms with Crippen molar-refractivity contribution in [1.29, 1.82) is 0 Å². The number of carbonyl (C=O) groups is 1. The van der Waals surface area contributed by atoms with Crippen LogP contribution < -0.4 is 5.73 Å². The van der Waals surface area contributed by atoms with Gasteiger partial charge in [-0.3, -0.25) is 0 Å². The number of nitrogens with zero attached hydrogens (tertiary/aromatic N) is 1. The van der Waals surface area contributed by atoms with Crippen LogP contribution >= 0.6 is 0 Å². The Hall–Kier alpha value is -0.810. The van der Waals surface area contributed by atoms with Crippen molar-refractivity contribution in [3.8, 4) is 0 Å². The highest BCUT2D eigenvalue weighted by Gasteiger charge is 2.23. The molecule has 1 fully saturated rings. The lowest BCUT2D eigenvalue weighted by molar-refractivity contribution is -0.0282. The first kappa shape index (κ1) is 11.3. The molecule has 1 rings (SSSR count). The smallest absolute Gasteiger partial charge is 0.409 e. The lowest BCUT2D eigenvalue weighted by Gasteiger charge is -2.31. The Bertz CT molecular complexity index is 187. The van der Waals surface area contributed by atoms with Gasteiger partial charge in [0.25, 0.3) is 0 Å². The molecule has 0 aromatic rings. The number of amides is 1. The summed E-state index contributed by atoms with van der Waals surface area (Å²) in [5, 5.41) is 0. The highest BCUT2D eigenvalue weighted by molar-refractivity contribution is 5.67. The molecule has 0 radical (unpaired) electrons. The van der Waals surface area contributed by atoms with Crippen LogP contribution in [0.15, 0.2) is 0 Å². The van der Waals surface area contributed by atoms with E-state index in [4.69, 9.17) is 10.5 Å². The SMILES string of the molecule is COC(=O)N1CCO[C@@H](CCCN)C1. The minimum atomic E-state index is -0.272. The van der Waals surface area contributed by atoms with Gasteiger partial charge in [-0.05, 0) is 19.4 Å². The van der Waals surface area contributed by atoms with Gasteiger partial charge < -0.3 is 20.1 Å². The van der Waals surface area contributed by atoms with E-state index < -0.39 is 0 Å². The molecule has 0 bridgehead atoms. The van der Waals surface area contributed by atoms with Crippen molar-refractivity contribution in [1.82, 2.24) is 4.90 Å². The molecular formula is C9H18N2O3. The molecule has 0 aliphatic carbocycles. The molecule has 5 nitrogen and oxygen atoms in total. The second-order valence-electron chi connectivity index (χ2n) is 3.34. The summed E-state index contributed by atoms with van der Waals surface area (Å²) in [6.07, 6.45) is 1.68. The lowest BCUT2D eigenvalue weighted by Crippen LogP contribution is -2.45. The van der Waals surface area contributed by atoms with Crippen LogP contribution in [0.2, 0.25) is 0 Å². The molecule has 82 valence electrons. The Kier molecular flexibility index (Phi) is 4.69. The van der Waals surface area contributed by atoms with Gasteiger partial charge in [0.05, 0.1) is 26.4 Å². The molecule has 0 spiro atoms. The Morgan fingerprint density at radius 1 is 1.71 bits per heavy atom. The average molecular weight is 202 g/mol. The molecule has 0 unspecified atom stereocenters. The normalized spacial score (nSPS) is 22.1. The molecule has 1 aliphatic rings. The number of methoxy groups -OCH3 is 1. The quantitative estimate of drug-likeness (QED) is 0.709. The van der Waals surface area contributed by atoms with Crippen LogP contribution in [0.1, 0.15) is 12.8 Å². The maximum atomic E-state index is 11.2. The summed E-state index contributed by atoms with van der Waals surface area (Å²) >= 11 is 0. The third-order valence-electron chi connectivity index (χ3n) is 2.30. The molecule has 0 saturated carbocycles. The third kappa shape index (κ3) is 3.16. The highest BCUT2D eigenvalue weighted by Crippen LogP contribution is 2.10. The largest absolute Gasteiger partial charge is 0.453 e. The predicted molar refractivity (Wildman–Crippen MR) is 52.0 cm³/mol. The molecule has 5 heteroatoms. The van der Waals surface area contributed by atoms with Crippen molar-refractivity contribution in [2.24, 2.45) is 5.73 Å². The summed E-state index contributed by atoms with van der Waals surface area (Å²) in [7, 11) is 1.40. The molecule has 0 aromatic carbocycles. The molecule has 1 atom stereocenters. The number of rotatable bonds is 3. The Balaban J connectivity index is 2.31. The molecule has 2 N–H and O–H groups in total. The molecule has 1 heterocycles. The first-order valence-electron chi connectivity index (χ1n) is 4.92. The number of hydrogen-bond donors (Lipinski definition) is 1. The van der Waals surface area contributed by atoms with Crippen molar-refractivity contribution in [3.05, 3.63) is 0 Å². The molecule has 0 aromatic heterocycles. The maximum Gasteiger partial charge on any atom is 0.409 e. The van der Waals surface area contributed by atoms with Crippen LogP contribution in [0, 0.1) is 0 Å². The van der Waals surface area contributed by atoms with Crippen molar-refractivity contribution >= 4 is 6.09 Å². The average Bonchev–Trinajstić information content (AvgIpc) is 2.25. The highest BCUT2D eigenvalue weighted by atomic mass is 16.5. The van der Waals surface area contributed by atoms with Gasteiger partial charge in [-0.1, -0.05) is 0 Å². The summed E-state index contributed by atoms with van der Waals surface area (Å²) in [4.78, 5) is 12.9. The van der Waals surface area contributed by atoms with Crippen LogP contribution in [-0.4, -0.2) is 50.4 Å². The van der Waals surface area contributed by atoms with E-state index in [0.29, 0.717) is 26.2 Å². The number of ether oxygens (including phenoxy) is 2. The number of nitrogens with two attached hydrogens (primary N) is 1. The van der Waals surface area contributed by atoms with E-state index in [-0.39, 0.29) is 12.2 Å². The summed E-state index contributed by atoms with van der Waals surface area (Å²) in [5.74, 6) is 0. The summed E-state index contributed by atoms with van der Waals surface area (Å²) in [6, 6.07) is 0. The Morgan fingerprint density at radius 3 is 3.14 bits per heavy atom. The number of hydrogen-bond acceptors (Lipinski definition) is 4. The van der Waals surface area contributed by atoms with Crippen LogP contribution in [0.5, 0.6) is 0 Å². The van der Waals surface area contributed by atoms with Crippen molar-refractivity contribution < 1.29 is 14.3 Å². The molecule has 1 saturated heterocycles. The van der Waals surface area contributed by atoms with Gasteiger partial charge in [-0.15, -0.1) is 0 Å². The first-order chi connectivity index (χ1) is 6.77. The van der Waals surface area contributed by atoms with E-state index >= 15 is 0 Å². The molecule has 14 heavy (non-hydrogen) atoms. The summed E-state index contributed by atoms with van der Waals surface area (Å²) in [6.45, 7) is 2.49. The Morgan fingerprint density at radius 2 is 2.50 bits per heavy atom. The van der Waals surface area contributed by atoms with Crippen molar-refractivity contribution in [2.75, 3.05) is 33.4 Å². The van der Waals surface area contributed by atoms with E-state index in [2.05, 4.69) is 4.74 Å². The van der Waals surface area contributed by atoms with Gasteiger partial charge in [0.2, 0.25) is 0 Å². The number of carbonyl (C=O) groups excluding carboxylic acids is 1. The van der Waals surface area contributed by atoms with Gasteiger partial charge in [-0.2, -0.15) is 0 Å². The zero-order chi connectivity index (χ0) is 10.4. The minimum Gasteiger partial charge on any atom is -0.453 e. The Labute approximate surface area is 84.1 Å². The van der Waals surface area contributed by atoms with Crippen molar-refractivity contribution in [2.45, 2.75) is 18.9 Å². The molecule has 1 amide bonds. The molecule has 1 aliphatic heterocycles. The molecular weight excluding hydrogens is 184 g/mol. The zero-order valence-electron chi connectivity index (χ0n) is 8.57. The van der Waals surface area contributed by atoms with Crippen LogP contribution in [-0.2, 0) is 9.47 Å². The lowest BCUT2D eigenvalue weighted by atomic mass is 10.1. The fraction of sp³-hybridized carbons (Fsp3) is 0.889. The van der Waals surface area contributed by atoms with Gasteiger partial charge in [-0.25, -0.2) is 4.79 Å². The van der Waals surface area contributed by atoms with E-state index in [0.717, 1.165) is 12.8 Å². The van der Waals surface area contributed by atoms with E-state index in [1.54, 1.807) is 4.90 Å². The monoisotopic (exact) mass is 202 g/mol. The van der Waals surface area contributed by atoms with Crippen molar-refractivity contribution in [3.63, 3.8) is 0 Å². The van der Waals surface area contributed by atoms with Crippen LogP contribution in [0.4, 0.5) is 4.79 Å². The van der Waals surface area contributed by atoms with E-state index in [9.17, 15) is 4.79 Å². The second kappa shape index (κ2) is 5.82. The first-order valence-corrected chi connectivity index (χ1v) is 4.92. The maximum absolute atomic E-state index is 11.2. The summed E-state index contributed by atoms with van der Waals surface area (Å²) in [5.41, 5.74) is 5.41. The fourth-order valence-electron chi connectivity index (χ4n) is 1.53. The van der Waals surface area contributed by atoms with Crippen LogP contribution in [0.25, 0.3) is 0 Å². The van der Waals surface area contributed by atoms with Gasteiger partial charge in [0, 0.05) is 6.54 Å². The fourth-order valence-corrected chi connectivity index (χ4v) is 1.53. The zero-order valence-corrected chi connectivity index (χ0v) is 8.57. The van der Waals surface area contributed by atoms with Gasteiger partial charge >= 0.3 is 6.09 Å². The second-order valence-corrected chi connectivity index (χ2v) is 3.34. The van der Waals surface area contributed by atoms with E-state index in [1.807, 2.05) is 0 Å².